The lowest BCUT2D eigenvalue weighted by molar-refractivity contribution is 0.0974. The molecule has 29 heavy (non-hydrogen) atoms. The quantitative estimate of drug-likeness (QED) is 0.366. The van der Waals surface area contributed by atoms with Crippen LogP contribution in [-0.2, 0) is 12.8 Å². The second-order valence-corrected chi connectivity index (χ2v) is 8.29. The highest BCUT2D eigenvalue weighted by molar-refractivity contribution is 7.80. The minimum absolute atomic E-state index is 0.0375. The molecule has 0 aliphatic heterocycles. The van der Waals surface area contributed by atoms with Crippen molar-refractivity contribution in [3.8, 4) is 6.07 Å². The highest BCUT2D eigenvalue weighted by atomic mass is 32.1. The normalized spacial score (nSPS) is 13.2. The fourth-order valence-corrected chi connectivity index (χ4v) is 4.98. The Balaban J connectivity index is 1.53. The zero-order valence-corrected chi connectivity index (χ0v) is 17.0. The van der Waals surface area contributed by atoms with Crippen LogP contribution in [0, 0.1) is 11.3 Å². The van der Waals surface area contributed by atoms with Crippen molar-refractivity contribution in [2.45, 2.75) is 32.1 Å². The van der Waals surface area contributed by atoms with Crippen molar-refractivity contribution < 1.29 is 9.21 Å². The van der Waals surface area contributed by atoms with E-state index in [0.717, 1.165) is 37.7 Å². The first-order valence-electron chi connectivity index (χ1n) is 9.26. The first kappa shape index (κ1) is 19.3. The van der Waals surface area contributed by atoms with Gasteiger partial charge in [0.1, 0.15) is 22.2 Å². The molecule has 2 N–H and O–H groups in total. The van der Waals surface area contributed by atoms with E-state index < -0.39 is 11.5 Å². The van der Waals surface area contributed by atoms with Crippen molar-refractivity contribution >= 4 is 50.5 Å². The average Bonchev–Trinajstić information content (AvgIpc) is 2.86. The van der Waals surface area contributed by atoms with Crippen molar-refractivity contribution in [1.29, 1.82) is 5.26 Å². The van der Waals surface area contributed by atoms with Crippen LogP contribution < -0.4 is 16.3 Å². The molecule has 1 amide bonds. The standard InChI is InChI=1S/C21H17N3O3S2/c22-11-15-13-7-2-1-3-9-17(13)29-19(15)24-21(28)23-18(25)14-10-12-6-4-5-8-16(12)27-20(14)26/h4-6,8,10H,1-3,7,9H2,(H2,23,24,25,28). The van der Waals surface area contributed by atoms with Gasteiger partial charge in [0.15, 0.2) is 5.11 Å². The third-order valence-corrected chi connectivity index (χ3v) is 6.28. The molecule has 0 unspecified atom stereocenters. The van der Waals surface area contributed by atoms with Crippen molar-refractivity contribution in [3.63, 3.8) is 0 Å². The van der Waals surface area contributed by atoms with Crippen LogP contribution in [0.5, 0.6) is 0 Å². The number of anilines is 1. The van der Waals surface area contributed by atoms with Gasteiger partial charge in [-0.1, -0.05) is 24.6 Å². The van der Waals surface area contributed by atoms with E-state index in [1.165, 1.54) is 22.3 Å². The molecule has 0 bridgehead atoms. The molecule has 3 aromatic rings. The molecule has 2 aromatic heterocycles. The summed E-state index contributed by atoms with van der Waals surface area (Å²) in [4.78, 5) is 25.9. The molecule has 1 aromatic carbocycles. The number of thiocarbonyl (C=S) groups is 1. The Hall–Kier alpha value is -3.02. The van der Waals surface area contributed by atoms with Crippen molar-refractivity contribution in [2.75, 3.05) is 5.32 Å². The molecule has 2 heterocycles. The summed E-state index contributed by atoms with van der Waals surface area (Å²) in [6, 6.07) is 10.7. The molecule has 4 rings (SSSR count). The Morgan fingerprint density at radius 2 is 2.00 bits per heavy atom. The molecule has 0 saturated carbocycles. The minimum atomic E-state index is -0.732. The van der Waals surface area contributed by atoms with Crippen LogP contribution in [0.2, 0.25) is 0 Å². The summed E-state index contributed by atoms with van der Waals surface area (Å²) in [5.41, 5.74) is 1.23. The summed E-state index contributed by atoms with van der Waals surface area (Å²) in [6.45, 7) is 0. The van der Waals surface area contributed by atoms with E-state index in [-0.39, 0.29) is 10.7 Å². The zero-order valence-electron chi connectivity index (χ0n) is 15.4. The number of nitrogens with zero attached hydrogens (tertiary/aromatic N) is 1. The maximum absolute atomic E-state index is 12.5. The number of carbonyl (C=O) groups is 1. The Labute approximate surface area is 176 Å². The number of para-hydroxylation sites is 1. The van der Waals surface area contributed by atoms with Crippen molar-refractivity contribution in [3.05, 3.63) is 62.3 Å². The molecule has 0 saturated heterocycles. The van der Waals surface area contributed by atoms with Crippen LogP contribution in [0.25, 0.3) is 11.0 Å². The Bertz CT molecular complexity index is 1220. The lowest BCUT2D eigenvalue weighted by Gasteiger charge is -2.08. The zero-order chi connectivity index (χ0) is 20.4. The van der Waals surface area contributed by atoms with E-state index in [1.54, 1.807) is 24.3 Å². The van der Waals surface area contributed by atoms with E-state index in [0.29, 0.717) is 21.5 Å². The summed E-state index contributed by atoms with van der Waals surface area (Å²) < 4.78 is 5.20. The van der Waals surface area contributed by atoms with E-state index in [2.05, 4.69) is 16.7 Å². The summed E-state index contributed by atoms with van der Waals surface area (Å²) in [7, 11) is 0. The largest absolute Gasteiger partial charge is 0.422 e. The van der Waals surface area contributed by atoms with Gasteiger partial charge in [0.2, 0.25) is 0 Å². The minimum Gasteiger partial charge on any atom is -0.422 e. The molecular formula is C21H17N3O3S2. The second kappa shape index (κ2) is 8.15. The summed E-state index contributed by atoms with van der Waals surface area (Å²) in [6.07, 6.45) is 5.17. The molecular weight excluding hydrogens is 406 g/mol. The predicted octanol–water partition coefficient (Wildman–Crippen LogP) is 4.12. The van der Waals surface area contributed by atoms with Gasteiger partial charge in [-0.2, -0.15) is 5.26 Å². The van der Waals surface area contributed by atoms with Crippen LogP contribution in [0.3, 0.4) is 0 Å². The molecule has 1 aliphatic rings. The number of thiophene rings is 1. The molecule has 0 radical (unpaired) electrons. The SMILES string of the molecule is N#Cc1c(NC(=S)NC(=O)c2cc3ccccc3oc2=O)sc2c1CCCCC2. The van der Waals surface area contributed by atoms with Crippen LogP contribution >= 0.6 is 23.6 Å². The van der Waals surface area contributed by atoms with Gasteiger partial charge in [-0.05, 0) is 55.6 Å². The number of nitrogens with one attached hydrogen (secondary N) is 2. The maximum atomic E-state index is 12.5. The van der Waals surface area contributed by atoms with Gasteiger partial charge in [0.25, 0.3) is 5.91 Å². The van der Waals surface area contributed by atoms with Gasteiger partial charge in [-0.3, -0.25) is 10.1 Å². The van der Waals surface area contributed by atoms with Crippen molar-refractivity contribution in [1.82, 2.24) is 5.32 Å². The average molecular weight is 424 g/mol. The highest BCUT2D eigenvalue weighted by Gasteiger charge is 2.21. The first-order chi connectivity index (χ1) is 14.1. The van der Waals surface area contributed by atoms with Gasteiger partial charge >= 0.3 is 5.63 Å². The van der Waals surface area contributed by atoms with E-state index in [1.807, 2.05) is 0 Å². The lowest BCUT2D eigenvalue weighted by atomic mass is 10.1. The first-order valence-corrected chi connectivity index (χ1v) is 10.5. The molecule has 146 valence electrons. The Morgan fingerprint density at radius 1 is 1.21 bits per heavy atom. The number of carbonyl (C=O) groups excluding carboxylic acids is 1. The van der Waals surface area contributed by atoms with Crippen LogP contribution in [0.4, 0.5) is 5.00 Å². The number of fused-ring (bicyclic) bond motifs is 2. The number of aryl methyl sites for hydroxylation is 1. The fraction of sp³-hybridized carbons (Fsp3) is 0.238. The molecule has 0 fully saturated rings. The predicted molar refractivity (Wildman–Crippen MR) is 116 cm³/mol. The van der Waals surface area contributed by atoms with Crippen molar-refractivity contribution in [2.24, 2.45) is 0 Å². The number of rotatable bonds is 2. The number of amides is 1. The Morgan fingerprint density at radius 3 is 2.83 bits per heavy atom. The summed E-state index contributed by atoms with van der Waals surface area (Å²) in [5, 5.41) is 16.4. The smallest absolute Gasteiger partial charge is 0.349 e. The van der Waals surface area contributed by atoms with Crippen LogP contribution in [0.15, 0.2) is 39.5 Å². The van der Waals surface area contributed by atoms with Crippen LogP contribution in [-0.4, -0.2) is 11.0 Å². The van der Waals surface area contributed by atoms with Gasteiger partial charge in [0, 0.05) is 10.3 Å². The van der Waals surface area contributed by atoms with E-state index in [4.69, 9.17) is 16.6 Å². The Kier molecular flexibility index (Phi) is 5.43. The topological polar surface area (TPSA) is 95.1 Å². The molecule has 8 heteroatoms. The van der Waals surface area contributed by atoms with E-state index in [9.17, 15) is 14.9 Å². The third-order valence-electron chi connectivity index (χ3n) is 4.87. The van der Waals surface area contributed by atoms with Gasteiger partial charge < -0.3 is 9.73 Å². The van der Waals surface area contributed by atoms with Gasteiger partial charge in [0.05, 0.1) is 5.56 Å². The van der Waals surface area contributed by atoms with Gasteiger partial charge in [-0.25, -0.2) is 4.79 Å². The van der Waals surface area contributed by atoms with E-state index >= 15 is 0 Å². The number of benzene rings is 1. The summed E-state index contributed by atoms with van der Waals surface area (Å²) >= 11 is 6.75. The molecule has 1 aliphatic carbocycles. The maximum Gasteiger partial charge on any atom is 0.349 e. The third kappa shape index (κ3) is 3.92. The highest BCUT2D eigenvalue weighted by Crippen LogP contribution is 2.36. The molecule has 0 atom stereocenters. The molecule has 6 nitrogen and oxygen atoms in total. The number of hydrogen-bond acceptors (Lipinski definition) is 6. The second-order valence-electron chi connectivity index (χ2n) is 6.77. The van der Waals surface area contributed by atoms with Crippen LogP contribution in [0.1, 0.15) is 45.6 Å². The lowest BCUT2D eigenvalue weighted by Crippen LogP contribution is -2.36. The monoisotopic (exact) mass is 423 g/mol. The fourth-order valence-electron chi connectivity index (χ4n) is 3.47. The van der Waals surface area contributed by atoms with Gasteiger partial charge in [-0.15, -0.1) is 11.3 Å². The number of hydrogen-bond donors (Lipinski definition) is 2. The molecule has 0 spiro atoms. The summed E-state index contributed by atoms with van der Waals surface area (Å²) in [5.74, 6) is -0.654. The number of nitriles is 1.